The van der Waals surface area contributed by atoms with Crippen molar-refractivity contribution in [2.75, 3.05) is 4.90 Å². The molecule has 0 saturated carbocycles. The first-order valence-electron chi connectivity index (χ1n) is 15.6. The number of hydrogen-bond donors (Lipinski definition) is 0. The topological polar surface area (TPSA) is 3.24 Å². The molecule has 0 N–H and O–H groups in total. The van der Waals surface area contributed by atoms with Gasteiger partial charge in [0.2, 0.25) is 0 Å². The van der Waals surface area contributed by atoms with E-state index in [1.165, 1.54) is 65.7 Å². The van der Waals surface area contributed by atoms with Gasteiger partial charge in [-0.05, 0) is 81.4 Å². The van der Waals surface area contributed by atoms with Gasteiger partial charge in [0.05, 0.1) is 15.4 Å². The average Bonchev–Trinajstić information content (AvgIpc) is 3.62. The molecule has 0 amide bonds. The molecule has 0 bridgehead atoms. The fourth-order valence-electron chi connectivity index (χ4n) is 8.09. The summed E-state index contributed by atoms with van der Waals surface area (Å²) in [5.74, 6) is 0. The highest BCUT2D eigenvalue weighted by atomic mass is 35.5. The van der Waals surface area contributed by atoms with Crippen molar-refractivity contribution in [3.8, 4) is 22.3 Å². The van der Waals surface area contributed by atoms with Crippen LogP contribution in [0.5, 0.6) is 0 Å². The number of thiophene rings is 1. The smallest absolute Gasteiger partial charge is 0.0584 e. The SMILES string of the molecule is CC1(C)c2ccccc2-c2cc(N(c3ccc4sc5c(Cl)cccc5c4c3)c3cccc4c3-c3ccccc3C4(C)C)ccc21. The van der Waals surface area contributed by atoms with Gasteiger partial charge in [0.15, 0.2) is 0 Å². The van der Waals surface area contributed by atoms with Crippen LogP contribution in [0.4, 0.5) is 17.1 Å². The molecule has 0 spiro atoms. The summed E-state index contributed by atoms with van der Waals surface area (Å²) in [5, 5.41) is 3.26. The molecule has 0 atom stereocenters. The van der Waals surface area contributed by atoms with Crippen molar-refractivity contribution < 1.29 is 0 Å². The maximum atomic E-state index is 6.68. The number of benzene rings is 6. The van der Waals surface area contributed by atoms with Gasteiger partial charge >= 0.3 is 0 Å². The molecule has 1 heterocycles. The molecule has 1 aromatic heterocycles. The molecule has 218 valence electrons. The summed E-state index contributed by atoms with van der Waals surface area (Å²) in [6.45, 7) is 9.40. The van der Waals surface area contributed by atoms with Crippen molar-refractivity contribution in [1.82, 2.24) is 0 Å². The van der Waals surface area contributed by atoms with Gasteiger partial charge < -0.3 is 4.90 Å². The van der Waals surface area contributed by atoms with E-state index in [2.05, 4.69) is 148 Å². The van der Waals surface area contributed by atoms with Gasteiger partial charge in [0.1, 0.15) is 0 Å². The van der Waals surface area contributed by atoms with Crippen molar-refractivity contribution in [1.29, 1.82) is 0 Å². The Morgan fingerprint density at radius 3 is 1.98 bits per heavy atom. The quantitative estimate of drug-likeness (QED) is 0.191. The van der Waals surface area contributed by atoms with Gasteiger partial charge in [0.25, 0.3) is 0 Å². The van der Waals surface area contributed by atoms with Gasteiger partial charge in [-0.15, -0.1) is 11.3 Å². The summed E-state index contributed by atoms with van der Waals surface area (Å²) in [6, 6.07) is 44.9. The fourth-order valence-corrected chi connectivity index (χ4v) is 9.47. The highest BCUT2D eigenvalue weighted by molar-refractivity contribution is 7.26. The van der Waals surface area contributed by atoms with Crippen molar-refractivity contribution in [2.45, 2.75) is 38.5 Å². The van der Waals surface area contributed by atoms with E-state index in [-0.39, 0.29) is 10.8 Å². The maximum absolute atomic E-state index is 6.68. The number of rotatable bonds is 3. The third-order valence-corrected chi connectivity index (χ3v) is 12.0. The minimum atomic E-state index is -0.0846. The lowest BCUT2D eigenvalue weighted by molar-refractivity contribution is 0.660. The Bertz CT molecular complexity index is 2360. The Morgan fingerprint density at radius 2 is 1.16 bits per heavy atom. The zero-order valence-electron chi connectivity index (χ0n) is 25.8. The molecule has 0 radical (unpaired) electrons. The molecule has 9 rings (SSSR count). The van der Waals surface area contributed by atoms with Crippen LogP contribution in [-0.4, -0.2) is 0 Å². The average molecular weight is 618 g/mol. The van der Waals surface area contributed by atoms with Crippen LogP contribution in [0, 0.1) is 0 Å². The largest absolute Gasteiger partial charge is 0.310 e. The third kappa shape index (κ3) is 3.67. The predicted octanol–water partition coefficient (Wildman–Crippen LogP) is 12.8. The lowest BCUT2D eigenvalue weighted by atomic mass is 9.82. The summed E-state index contributed by atoms with van der Waals surface area (Å²) < 4.78 is 2.39. The highest BCUT2D eigenvalue weighted by Crippen LogP contribution is 2.56. The van der Waals surface area contributed by atoms with Crippen molar-refractivity contribution in [3.05, 3.63) is 149 Å². The lowest BCUT2D eigenvalue weighted by Gasteiger charge is -2.30. The summed E-state index contributed by atoms with van der Waals surface area (Å²) in [4.78, 5) is 2.48. The van der Waals surface area contributed by atoms with E-state index < -0.39 is 0 Å². The molecule has 45 heavy (non-hydrogen) atoms. The van der Waals surface area contributed by atoms with Crippen LogP contribution in [0.1, 0.15) is 49.9 Å². The third-order valence-electron chi connectivity index (χ3n) is 10.3. The monoisotopic (exact) mass is 617 g/mol. The fraction of sp³-hybridized carbons (Fsp3) is 0.143. The van der Waals surface area contributed by atoms with Crippen molar-refractivity contribution >= 4 is 60.2 Å². The second kappa shape index (κ2) is 9.33. The van der Waals surface area contributed by atoms with Gasteiger partial charge in [-0.2, -0.15) is 0 Å². The first-order chi connectivity index (χ1) is 21.7. The number of hydrogen-bond acceptors (Lipinski definition) is 2. The first kappa shape index (κ1) is 27.0. The van der Waals surface area contributed by atoms with Crippen LogP contribution in [0.2, 0.25) is 5.02 Å². The van der Waals surface area contributed by atoms with Crippen LogP contribution in [0.15, 0.2) is 121 Å². The lowest BCUT2D eigenvalue weighted by Crippen LogP contribution is -2.16. The molecule has 0 fully saturated rings. The second-order valence-corrected chi connectivity index (χ2v) is 15.0. The summed E-state index contributed by atoms with van der Waals surface area (Å²) in [6.07, 6.45) is 0. The minimum absolute atomic E-state index is 0.0417. The molecule has 0 aliphatic heterocycles. The number of fused-ring (bicyclic) bond motifs is 9. The van der Waals surface area contributed by atoms with E-state index in [9.17, 15) is 0 Å². The van der Waals surface area contributed by atoms with Gasteiger partial charge in [-0.3, -0.25) is 0 Å². The Hall–Kier alpha value is -4.37. The Morgan fingerprint density at radius 1 is 0.533 bits per heavy atom. The summed E-state index contributed by atoms with van der Waals surface area (Å²) in [5.41, 5.74) is 14.2. The predicted molar refractivity (Wildman–Crippen MR) is 194 cm³/mol. The number of anilines is 3. The first-order valence-corrected chi connectivity index (χ1v) is 16.8. The summed E-state index contributed by atoms with van der Waals surface area (Å²) >= 11 is 8.45. The Labute approximate surface area is 273 Å². The Balaban J connectivity index is 1.34. The maximum Gasteiger partial charge on any atom is 0.0584 e. The molecule has 0 unspecified atom stereocenters. The van der Waals surface area contributed by atoms with Crippen LogP contribution in [0.3, 0.4) is 0 Å². The Kier molecular flexibility index (Phi) is 5.59. The normalized spacial score (nSPS) is 15.1. The minimum Gasteiger partial charge on any atom is -0.310 e. The van der Waals surface area contributed by atoms with Gasteiger partial charge in [-0.25, -0.2) is 0 Å². The molecule has 0 saturated heterocycles. The van der Waals surface area contributed by atoms with E-state index in [0.29, 0.717) is 0 Å². The molecule has 1 nitrogen and oxygen atoms in total. The van der Waals surface area contributed by atoms with Gasteiger partial charge in [-0.1, -0.05) is 118 Å². The molecular weight excluding hydrogens is 586 g/mol. The molecule has 3 heteroatoms. The van der Waals surface area contributed by atoms with E-state index in [1.54, 1.807) is 11.3 Å². The molecule has 2 aliphatic carbocycles. The number of nitrogens with zero attached hydrogens (tertiary/aromatic N) is 1. The standard InChI is InChI=1S/C42H32ClNS/c1-41(2)32-14-7-5-11-27(32)30-23-25(19-21-34(30)41)44(26-20-22-38-31(24-26)28-13-9-17-36(43)40(28)45-38)37-18-10-16-35-39(37)29-12-6-8-15-33(29)42(35,3)4/h5-24H,1-4H3. The van der Waals surface area contributed by atoms with Crippen LogP contribution in [0.25, 0.3) is 42.4 Å². The molecular formula is C42H32ClNS. The van der Waals surface area contributed by atoms with E-state index in [4.69, 9.17) is 11.6 Å². The molecule has 6 aromatic carbocycles. The van der Waals surface area contributed by atoms with E-state index in [1.807, 2.05) is 6.07 Å². The summed E-state index contributed by atoms with van der Waals surface area (Å²) in [7, 11) is 0. The number of halogens is 1. The van der Waals surface area contributed by atoms with E-state index >= 15 is 0 Å². The van der Waals surface area contributed by atoms with Crippen LogP contribution < -0.4 is 4.90 Å². The van der Waals surface area contributed by atoms with E-state index in [0.717, 1.165) is 21.1 Å². The van der Waals surface area contributed by atoms with Crippen LogP contribution in [-0.2, 0) is 10.8 Å². The van der Waals surface area contributed by atoms with Crippen LogP contribution >= 0.6 is 22.9 Å². The molecule has 7 aromatic rings. The zero-order valence-corrected chi connectivity index (χ0v) is 27.4. The molecule has 2 aliphatic rings. The zero-order chi connectivity index (χ0) is 30.7. The van der Waals surface area contributed by atoms with Crippen molar-refractivity contribution in [3.63, 3.8) is 0 Å². The van der Waals surface area contributed by atoms with Crippen molar-refractivity contribution in [2.24, 2.45) is 0 Å². The highest BCUT2D eigenvalue weighted by Gasteiger charge is 2.39. The second-order valence-electron chi connectivity index (χ2n) is 13.5. The van der Waals surface area contributed by atoms with Gasteiger partial charge in [0, 0.05) is 43.2 Å².